The smallest absolute Gasteiger partial charge is 0.480 e. The summed E-state index contributed by atoms with van der Waals surface area (Å²) in [5.74, 6) is -4.62. The summed E-state index contributed by atoms with van der Waals surface area (Å²) >= 11 is 11.0. The van der Waals surface area contributed by atoms with Crippen molar-refractivity contribution in [3.8, 4) is 0 Å². The number of anilines is 1. The summed E-state index contributed by atoms with van der Waals surface area (Å²) in [6.45, 7) is 2.94. The van der Waals surface area contributed by atoms with E-state index in [4.69, 9.17) is 9.47 Å². The number of hydrogen-bond donors (Lipinski definition) is 6. The molecule has 1 aliphatic carbocycles. The van der Waals surface area contributed by atoms with Gasteiger partial charge in [0.05, 0.1) is 53.2 Å². The monoisotopic (exact) mass is 1390 g/mol. The molecule has 0 bridgehead atoms. The predicted molar refractivity (Wildman–Crippen MR) is 235 cm³/mol. The maximum atomic E-state index is 13.7. The van der Waals surface area contributed by atoms with Crippen LogP contribution in [0.15, 0.2) is 18.4 Å². The number of nitrogens with one attached hydrogen (secondary N) is 4. The maximum Gasteiger partial charge on any atom is 0.508 e. The fourth-order valence-electron chi connectivity index (χ4n) is 4.68. The van der Waals surface area contributed by atoms with Gasteiger partial charge in [0.25, 0.3) is 17.7 Å². The number of aliphatic carboxylic acids is 1. The zero-order valence-electron chi connectivity index (χ0n) is 27.3. The summed E-state index contributed by atoms with van der Waals surface area (Å²) in [5, 5.41) is 30.2. The number of alkyl halides is 1. The molecule has 280 valence electrons. The van der Waals surface area contributed by atoms with E-state index in [9.17, 15) is 43.8 Å². The number of halogens is 6. The van der Waals surface area contributed by atoms with Gasteiger partial charge in [-0.3, -0.25) is 28.8 Å². The van der Waals surface area contributed by atoms with E-state index in [-0.39, 0.29) is 52.2 Å². The molecule has 0 heterocycles. The molecule has 0 radical (unpaired) electrons. The Labute approximate surface area is 374 Å². The molecular formula is C29H31I6N5O11. The number of aliphatic hydroxyl groups excluding tert-OH is 1. The average Bonchev–Trinajstić information content (AvgIpc) is 3.04. The molecule has 1 aromatic rings. The number of nitrogens with zero attached hydrogens (tertiary/aromatic N) is 1. The van der Waals surface area contributed by atoms with Crippen molar-refractivity contribution in [1.29, 1.82) is 0 Å². The van der Waals surface area contributed by atoms with Gasteiger partial charge >= 0.3 is 12.1 Å². The van der Waals surface area contributed by atoms with Crippen LogP contribution in [0.5, 0.6) is 0 Å². The van der Waals surface area contributed by atoms with E-state index < -0.39 is 64.3 Å². The van der Waals surface area contributed by atoms with Gasteiger partial charge in [-0.1, -0.05) is 22.6 Å². The van der Waals surface area contributed by atoms with E-state index in [0.717, 1.165) is 0 Å². The number of benzene rings is 1. The minimum absolute atomic E-state index is 0.00365. The number of rotatable bonds is 13. The molecule has 0 aromatic heterocycles. The Hall–Kier alpha value is -0.870. The highest BCUT2D eigenvalue weighted by atomic mass is 127. The SMILES string of the molecule is CCOC(=O)OC(C)C1(C(=O)O)C(I)=C(C(=O)NCCO)C(I)=C(NC(=O)CNC(=O)c2c(I)c(C(=O)NC)c(I)c(N(C)C(C)=O)c2I)C1I. The fourth-order valence-corrected chi connectivity index (χ4v) is 15.3. The molecule has 51 heavy (non-hydrogen) atoms. The van der Waals surface area contributed by atoms with E-state index in [1.807, 2.05) is 67.8 Å². The van der Waals surface area contributed by atoms with Crippen molar-refractivity contribution in [2.45, 2.75) is 30.8 Å². The molecular weight excluding hydrogens is 1360 g/mol. The summed E-state index contributed by atoms with van der Waals surface area (Å²) in [4.78, 5) is 92.6. The van der Waals surface area contributed by atoms with Crippen LogP contribution in [-0.2, 0) is 28.7 Å². The van der Waals surface area contributed by atoms with Crippen molar-refractivity contribution in [3.05, 3.63) is 40.3 Å². The number of hydrogen-bond acceptors (Lipinski definition) is 10. The summed E-state index contributed by atoms with van der Waals surface area (Å²) in [6.07, 6.45) is -2.57. The molecule has 5 amide bonds. The lowest BCUT2D eigenvalue weighted by molar-refractivity contribution is -0.152. The van der Waals surface area contributed by atoms with Gasteiger partial charge in [0, 0.05) is 44.0 Å². The molecule has 0 fully saturated rings. The third-order valence-corrected chi connectivity index (χ3v) is 14.6. The van der Waals surface area contributed by atoms with Crippen LogP contribution in [0.3, 0.4) is 0 Å². The highest BCUT2D eigenvalue weighted by molar-refractivity contribution is 14.1. The van der Waals surface area contributed by atoms with Gasteiger partial charge in [-0.2, -0.15) is 0 Å². The molecule has 0 spiro atoms. The highest BCUT2D eigenvalue weighted by Crippen LogP contribution is 2.54. The van der Waals surface area contributed by atoms with Gasteiger partial charge in [-0.15, -0.1) is 0 Å². The first-order chi connectivity index (χ1) is 23.8. The van der Waals surface area contributed by atoms with Crippen LogP contribution in [0.25, 0.3) is 0 Å². The third-order valence-electron chi connectivity index (χ3n) is 7.31. The van der Waals surface area contributed by atoms with Crippen molar-refractivity contribution >= 4 is 183 Å². The minimum atomic E-state index is -2.11. The van der Waals surface area contributed by atoms with Crippen LogP contribution < -0.4 is 26.2 Å². The van der Waals surface area contributed by atoms with Crippen molar-refractivity contribution in [3.63, 3.8) is 0 Å². The number of allylic oxidation sites excluding steroid dienone is 1. The van der Waals surface area contributed by atoms with Crippen LogP contribution in [0.4, 0.5) is 10.5 Å². The van der Waals surface area contributed by atoms with Gasteiger partial charge in [-0.25, -0.2) is 4.79 Å². The number of carbonyl (C=O) groups is 7. The van der Waals surface area contributed by atoms with Crippen molar-refractivity contribution < 1.29 is 53.2 Å². The highest BCUT2D eigenvalue weighted by Gasteiger charge is 2.59. The molecule has 16 nitrogen and oxygen atoms in total. The molecule has 3 unspecified atom stereocenters. The van der Waals surface area contributed by atoms with Crippen LogP contribution in [0.2, 0.25) is 0 Å². The number of carboxylic acids is 1. The summed E-state index contributed by atoms with van der Waals surface area (Å²) < 4.78 is 10.3. The van der Waals surface area contributed by atoms with Crippen LogP contribution in [0.1, 0.15) is 41.5 Å². The Morgan fingerprint density at radius 3 is 2.00 bits per heavy atom. The number of carboxylic acid groups (broad SMARTS) is 1. The third kappa shape index (κ3) is 9.87. The van der Waals surface area contributed by atoms with Crippen molar-refractivity contribution in [2.24, 2.45) is 5.41 Å². The van der Waals surface area contributed by atoms with Crippen LogP contribution >= 0.6 is 136 Å². The van der Waals surface area contributed by atoms with Gasteiger partial charge in [0.15, 0.2) is 5.41 Å². The quantitative estimate of drug-likeness (QED) is 0.0951. The van der Waals surface area contributed by atoms with Gasteiger partial charge in [0.1, 0.15) is 6.10 Å². The molecule has 3 atom stereocenters. The first-order valence-corrected chi connectivity index (χ1v) is 21.1. The maximum absolute atomic E-state index is 13.7. The van der Waals surface area contributed by atoms with Crippen LogP contribution in [0, 0.1) is 16.1 Å². The molecule has 1 aliphatic rings. The van der Waals surface area contributed by atoms with E-state index in [1.54, 1.807) is 67.8 Å². The van der Waals surface area contributed by atoms with Crippen molar-refractivity contribution in [1.82, 2.24) is 21.3 Å². The Bertz CT molecular complexity index is 1720. The zero-order chi connectivity index (χ0) is 39.1. The molecule has 22 heteroatoms. The minimum Gasteiger partial charge on any atom is -0.480 e. The lowest BCUT2D eigenvalue weighted by Gasteiger charge is -2.43. The van der Waals surface area contributed by atoms with E-state index >= 15 is 0 Å². The summed E-state index contributed by atoms with van der Waals surface area (Å²) in [7, 11) is 2.93. The lowest BCUT2D eigenvalue weighted by Crippen LogP contribution is -2.55. The Morgan fingerprint density at radius 1 is 0.941 bits per heavy atom. The fraction of sp³-hybridized carbons (Fsp3) is 0.414. The second kappa shape index (κ2) is 20.2. The standard InChI is InChI=1S/C29H31I6N5O11/c1-6-50-28(49)51-10(2)29(27(47)48)22(34)15(26(46)37-7-8-41)17(31)20(23(29)35)39-12(43)9-38-25(45)14-16(30)13(24(44)36-4)18(32)21(19(14)33)40(5)11(3)42/h10,23,41H,6-9H2,1-5H3,(H,36,44)(H,37,46)(H,38,45)(H,39,43)(H,47,48). The largest absolute Gasteiger partial charge is 0.508 e. The van der Waals surface area contributed by atoms with Gasteiger partial charge < -0.3 is 45.9 Å². The first-order valence-electron chi connectivity index (χ1n) is 14.4. The number of carbonyl (C=O) groups excluding carboxylic acids is 6. The number of aliphatic hydroxyl groups is 1. The predicted octanol–water partition coefficient (Wildman–Crippen LogP) is 3.58. The van der Waals surface area contributed by atoms with Gasteiger partial charge in [0.2, 0.25) is 11.8 Å². The van der Waals surface area contributed by atoms with Gasteiger partial charge in [-0.05, 0) is 127 Å². The second-order valence-corrected chi connectivity index (χ2v) is 16.9. The zero-order valence-corrected chi connectivity index (χ0v) is 40.2. The molecule has 0 saturated heterocycles. The molecule has 0 aliphatic heterocycles. The van der Waals surface area contributed by atoms with Crippen molar-refractivity contribution in [2.75, 3.05) is 45.3 Å². The molecule has 0 saturated carbocycles. The molecule has 1 aromatic carbocycles. The van der Waals surface area contributed by atoms with Crippen LogP contribution in [-0.4, -0.2) is 102 Å². The Balaban J connectivity index is 2.62. The lowest BCUT2D eigenvalue weighted by atomic mass is 9.73. The first kappa shape index (κ1) is 46.3. The van der Waals surface area contributed by atoms with E-state index in [2.05, 4.69) is 21.3 Å². The Kier molecular flexibility index (Phi) is 18.3. The molecule has 2 rings (SSSR count). The van der Waals surface area contributed by atoms with E-state index in [1.165, 1.54) is 39.8 Å². The normalized spacial score (nSPS) is 17.6. The molecule has 6 N–H and O–H groups in total. The number of ether oxygens (including phenoxy) is 2. The van der Waals surface area contributed by atoms with E-state index in [0.29, 0.717) is 12.8 Å². The number of amides is 5. The summed E-state index contributed by atoms with van der Waals surface area (Å²) in [5.41, 5.74) is -1.74. The second-order valence-electron chi connectivity index (χ2n) is 10.3. The Morgan fingerprint density at radius 2 is 1.51 bits per heavy atom. The topological polar surface area (TPSA) is 230 Å². The summed E-state index contributed by atoms with van der Waals surface area (Å²) in [6, 6.07) is 0. The average molecular weight is 1390 g/mol.